The minimum absolute atomic E-state index is 0.265. The normalized spacial score (nSPS) is 12.5. The number of aromatic nitrogens is 1. The molecule has 0 unspecified atom stereocenters. The number of hydrogen-bond acceptors (Lipinski definition) is 5. The van der Waals surface area contributed by atoms with E-state index in [9.17, 15) is 9.59 Å². The van der Waals surface area contributed by atoms with E-state index in [0.717, 1.165) is 11.1 Å². The molecule has 0 fully saturated rings. The first-order valence-corrected chi connectivity index (χ1v) is 9.77. The zero-order valence-electron chi connectivity index (χ0n) is 16.7. The Morgan fingerprint density at radius 2 is 1.94 bits per heavy atom. The molecule has 1 aliphatic heterocycles. The molecule has 0 bridgehead atoms. The molecule has 158 valence electrons. The predicted octanol–water partition coefficient (Wildman–Crippen LogP) is 3.57. The standard InChI is InChI=1S/C23H21N3O5/c27-21(28)15-31-19-8-4-5-16(12-19)11-17-13-20-22(24-14-17)26(9-10-30-20)23(29)25-18-6-2-1-3-7-18/h1-8,12-14H,9-11,15H2,(H,25,29)(H,27,28). The molecule has 0 radical (unpaired) electrons. The molecule has 3 aromatic rings. The second-order valence-electron chi connectivity index (χ2n) is 6.97. The molecule has 0 atom stereocenters. The van der Waals surface area contributed by atoms with Crippen LogP contribution in [0.4, 0.5) is 16.3 Å². The van der Waals surface area contributed by atoms with Crippen molar-refractivity contribution in [2.75, 3.05) is 30.0 Å². The Morgan fingerprint density at radius 1 is 1.10 bits per heavy atom. The Bertz CT molecular complexity index is 1090. The van der Waals surface area contributed by atoms with Crippen molar-refractivity contribution in [1.29, 1.82) is 0 Å². The molecule has 2 aromatic carbocycles. The lowest BCUT2D eigenvalue weighted by Crippen LogP contribution is -2.41. The van der Waals surface area contributed by atoms with E-state index in [2.05, 4.69) is 10.3 Å². The Hall–Kier alpha value is -4.07. The molecule has 31 heavy (non-hydrogen) atoms. The van der Waals surface area contributed by atoms with Crippen LogP contribution in [0, 0.1) is 0 Å². The molecular weight excluding hydrogens is 398 g/mol. The first-order valence-electron chi connectivity index (χ1n) is 9.77. The van der Waals surface area contributed by atoms with E-state index in [1.54, 1.807) is 23.2 Å². The van der Waals surface area contributed by atoms with Gasteiger partial charge in [-0.25, -0.2) is 14.6 Å². The van der Waals surface area contributed by atoms with E-state index in [1.807, 2.05) is 48.5 Å². The number of urea groups is 1. The van der Waals surface area contributed by atoms with Crippen molar-refractivity contribution in [3.63, 3.8) is 0 Å². The number of fused-ring (bicyclic) bond motifs is 1. The number of carbonyl (C=O) groups is 2. The highest BCUT2D eigenvalue weighted by Crippen LogP contribution is 2.31. The van der Waals surface area contributed by atoms with Gasteiger partial charge in [-0.2, -0.15) is 0 Å². The number of carboxylic acid groups (broad SMARTS) is 1. The fourth-order valence-corrected chi connectivity index (χ4v) is 3.27. The van der Waals surface area contributed by atoms with Gasteiger partial charge in [-0.15, -0.1) is 0 Å². The third-order valence-corrected chi connectivity index (χ3v) is 4.66. The van der Waals surface area contributed by atoms with Crippen LogP contribution in [0.15, 0.2) is 66.9 Å². The summed E-state index contributed by atoms with van der Waals surface area (Å²) in [6.45, 7) is 0.387. The molecule has 0 saturated carbocycles. The molecule has 2 amide bonds. The van der Waals surface area contributed by atoms with Crippen molar-refractivity contribution in [2.45, 2.75) is 6.42 Å². The minimum atomic E-state index is -1.03. The molecule has 1 aromatic heterocycles. The SMILES string of the molecule is O=C(O)COc1cccc(Cc2cnc3c(c2)OCCN3C(=O)Nc2ccccc2)c1. The summed E-state index contributed by atoms with van der Waals surface area (Å²) in [7, 11) is 0. The number of rotatable bonds is 6. The number of aliphatic carboxylic acids is 1. The topological polar surface area (TPSA) is 101 Å². The van der Waals surface area contributed by atoms with Crippen LogP contribution in [-0.4, -0.2) is 41.8 Å². The maximum absolute atomic E-state index is 12.7. The summed E-state index contributed by atoms with van der Waals surface area (Å²) in [5.41, 5.74) is 2.56. The Balaban J connectivity index is 1.48. The van der Waals surface area contributed by atoms with Crippen LogP contribution in [0.1, 0.15) is 11.1 Å². The average Bonchev–Trinajstić information content (AvgIpc) is 2.78. The number of benzene rings is 2. The van der Waals surface area contributed by atoms with E-state index >= 15 is 0 Å². The first kappa shape index (κ1) is 20.2. The largest absolute Gasteiger partial charge is 0.488 e. The van der Waals surface area contributed by atoms with Crippen molar-refractivity contribution in [2.24, 2.45) is 0 Å². The number of carboxylic acids is 1. The van der Waals surface area contributed by atoms with Gasteiger partial charge in [0.25, 0.3) is 0 Å². The zero-order valence-corrected chi connectivity index (χ0v) is 16.7. The average molecular weight is 419 g/mol. The number of nitrogens with one attached hydrogen (secondary N) is 1. The number of nitrogens with zero attached hydrogens (tertiary/aromatic N) is 2. The number of pyridine rings is 1. The third-order valence-electron chi connectivity index (χ3n) is 4.66. The Morgan fingerprint density at radius 3 is 2.74 bits per heavy atom. The zero-order chi connectivity index (χ0) is 21.6. The highest BCUT2D eigenvalue weighted by Gasteiger charge is 2.25. The van der Waals surface area contributed by atoms with Gasteiger partial charge in [-0.1, -0.05) is 30.3 Å². The smallest absolute Gasteiger partial charge is 0.341 e. The summed E-state index contributed by atoms with van der Waals surface area (Å²) in [4.78, 5) is 29.4. The molecule has 4 rings (SSSR count). The maximum atomic E-state index is 12.7. The Labute approximate surface area is 179 Å². The van der Waals surface area contributed by atoms with Crippen molar-refractivity contribution >= 4 is 23.5 Å². The summed E-state index contributed by atoms with van der Waals surface area (Å²) in [6.07, 6.45) is 2.27. The molecule has 8 nitrogen and oxygen atoms in total. The minimum Gasteiger partial charge on any atom is -0.488 e. The quantitative estimate of drug-likeness (QED) is 0.634. The number of hydrogen-bond donors (Lipinski definition) is 2. The Kier molecular flexibility index (Phi) is 5.98. The van der Waals surface area contributed by atoms with Crippen molar-refractivity contribution in [1.82, 2.24) is 4.98 Å². The van der Waals surface area contributed by atoms with Crippen LogP contribution in [0.2, 0.25) is 0 Å². The molecule has 2 heterocycles. The third kappa shape index (κ3) is 5.11. The van der Waals surface area contributed by atoms with Gasteiger partial charge in [0.1, 0.15) is 12.4 Å². The lowest BCUT2D eigenvalue weighted by molar-refractivity contribution is -0.139. The second-order valence-corrected chi connectivity index (χ2v) is 6.97. The second kappa shape index (κ2) is 9.17. The van der Waals surface area contributed by atoms with E-state index in [-0.39, 0.29) is 6.03 Å². The molecule has 0 aliphatic carbocycles. The molecule has 1 aliphatic rings. The molecule has 8 heteroatoms. The lowest BCUT2D eigenvalue weighted by atomic mass is 10.1. The van der Waals surface area contributed by atoms with Gasteiger partial charge in [0, 0.05) is 11.9 Å². The maximum Gasteiger partial charge on any atom is 0.341 e. The van der Waals surface area contributed by atoms with Gasteiger partial charge in [0.05, 0.1) is 6.54 Å². The van der Waals surface area contributed by atoms with Crippen molar-refractivity contribution in [3.8, 4) is 11.5 Å². The van der Waals surface area contributed by atoms with Crippen LogP contribution in [0.3, 0.4) is 0 Å². The molecule has 0 spiro atoms. The summed E-state index contributed by atoms with van der Waals surface area (Å²) < 4.78 is 11.0. The van der Waals surface area contributed by atoms with Gasteiger partial charge in [-0.05, 0) is 47.9 Å². The number of anilines is 2. The number of para-hydroxylation sites is 1. The van der Waals surface area contributed by atoms with Crippen LogP contribution in [0.5, 0.6) is 11.5 Å². The lowest BCUT2D eigenvalue weighted by Gasteiger charge is -2.28. The fourth-order valence-electron chi connectivity index (χ4n) is 3.27. The van der Waals surface area contributed by atoms with E-state index < -0.39 is 12.6 Å². The van der Waals surface area contributed by atoms with Crippen LogP contribution in [0.25, 0.3) is 0 Å². The van der Waals surface area contributed by atoms with Crippen LogP contribution in [-0.2, 0) is 11.2 Å². The first-order chi connectivity index (χ1) is 15.1. The number of amides is 2. The number of carbonyl (C=O) groups excluding carboxylic acids is 1. The van der Waals surface area contributed by atoms with E-state index in [4.69, 9.17) is 14.6 Å². The van der Waals surface area contributed by atoms with E-state index in [1.165, 1.54) is 0 Å². The van der Waals surface area contributed by atoms with Gasteiger partial charge in [0.15, 0.2) is 18.2 Å². The summed E-state index contributed by atoms with van der Waals surface area (Å²) in [6, 6.07) is 18.1. The van der Waals surface area contributed by atoms with Crippen molar-refractivity contribution < 1.29 is 24.2 Å². The van der Waals surface area contributed by atoms with E-state index in [0.29, 0.717) is 42.6 Å². The highest BCUT2D eigenvalue weighted by atomic mass is 16.5. The van der Waals surface area contributed by atoms with Gasteiger partial charge in [-0.3, -0.25) is 4.90 Å². The summed E-state index contributed by atoms with van der Waals surface area (Å²) >= 11 is 0. The highest BCUT2D eigenvalue weighted by molar-refractivity contribution is 6.02. The fraction of sp³-hybridized carbons (Fsp3) is 0.174. The van der Waals surface area contributed by atoms with Gasteiger partial charge >= 0.3 is 12.0 Å². The molecule has 0 saturated heterocycles. The molecule has 2 N–H and O–H groups in total. The van der Waals surface area contributed by atoms with Crippen molar-refractivity contribution in [3.05, 3.63) is 78.0 Å². The van der Waals surface area contributed by atoms with Gasteiger partial charge < -0.3 is 19.9 Å². The summed E-state index contributed by atoms with van der Waals surface area (Å²) in [5.74, 6) is 0.486. The van der Waals surface area contributed by atoms with Crippen LogP contribution < -0.4 is 19.7 Å². The van der Waals surface area contributed by atoms with Crippen LogP contribution >= 0.6 is 0 Å². The summed E-state index contributed by atoms with van der Waals surface area (Å²) in [5, 5.41) is 11.6. The monoisotopic (exact) mass is 419 g/mol. The van der Waals surface area contributed by atoms with Gasteiger partial charge in [0.2, 0.25) is 0 Å². The number of ether oxygens (including phenoxy) is 2. The predicted molar refractivity (Wildman–Crippen MR) is 115 cm³/mol. The molecular formula is C23H21N3O5.